The first kappa shape index (κ1) is 17.1. The van der Waals surface area contributed by atoms with Crippen molar-refractivity contribution in [1.29, 1.82) is 0 Å². The van der Waals surface area contributed by atoms with Gasteiger partial charge in [-0.25, -0.2) is 4.39 Å². The van der Waals surface area contributed by atoms with Gasteiger partial charge in [0.15, 0.2) is 0 Å². The third kappa shape index (κ3) is 4.89. The summed E-state index contributed by atoms with van der Waals surface area (Å²) in [5.41, 5.74) is 2.04. The van der Waals surface area contributed by atoms with E-state index in [1.807, 2.05) is 19.1 Å². The number of hydrogen-bond acceptors (Lipinski definition) is 2. The Hall–Kier alpha value is -2.21. The average Bonchev–Trinajstić information content (AvgIpc) is 2.51. The summed E-state index contributed by atoms with van der Waals surface area (Å²) in [4.78, 5) is 23.6. The Kier molecular flexibility index (Phi) is 5.87. The van der Waals surface area contributed by atoms with Gasteiger partial charge in [0.05, 0.1) is 5.69 Å². The molecule has 2 aromatic carbocycles. The highest BCUT2D eigenvalue weighted by molar-refractivity contribution is 9.10. The molecule has 0 radical (unpaired) electrons. The standard InChI is InChI=1S/C17H16BrFN2O2/c1-11-6-7-15(13(18)10-11)21-17(23)16(22)20-9-8-12-4-2-3-5-14(12)19/h2-7,10H,8-9H2,1H3,(H,20,22)(H,21,23). The van der Waals surface area contributed by atoms with Crippen LogP contribution in [0.1, 0.15) is 11.1 Å². The number of benzene rings is 2. The van der Waals surface area contributed by atoms with E-state index >= 15 is 0 Å². The highest BCUT2D eigenvalue weighted by atomic mass is 79.9. The van der Waals surface area contributed by atoms with Crippen molar-refractivity contribution in [1.82, 2.24) is 5.32 Å². The van der Waals surface area contributed by atoms with E-state index in [1.54, 1.807) is 24.3 Å². The van der Waals surface area contributed by atoms with Crippen molar-refractivity contribution >= 4 is 33.4 Å². The average molecular weight is 379 g/mol. The maximum absolute atomic E-state index is 13.4. The Labute approximate surface area is 142 Å². The molecule has 0 atom stereocenters. The van der Waals surface area contributed by atoms with Crippen molar-refractivity contribution in [3.63, 3.8) is 0 Å². The van der Waals surface area contributed by atoms with E-state index < -0.39 is 11.8 Å². The molecule has 120 valence electrons. The lowest BCUT2D eigenvalue weighted by Crippen LogP contribution is -2.36. The summed E-state index contributed by atoms with van der Waals surface area (Å²) in [6, 6.07) is 11.7. The molecule has 6 heteroatoms. The lowest BCUT2D eigenvalue weighted by molar-refractivity contribution is -0.136. The molecular weight excluding hydrogens is 363 g/mol. The monoisotopic (exact) mass is 378 g/mol. The highest BCUT2D eigenvalue weighted by Crippen LogP contribution is 2.23. The number of rotatable bonds is 4. The fourth-order valence-electron chi connectivity index (χ4n) is 1.99. The minimum absolute atomic E-state index is 0.183. The smallest absolute Gasteiger partial charge is 0.313 e. The maximum Gasteiger partial charge on any atom is 0.313 e. The van der Waals surface area contributed by atoms with E-state index in [-0.39, 0.29) is 12.4 Å². The Morgan fingerprint density at radius 2 is 1.87 bits per heavy atom. The van der Waals surface area contributed by atoms with Crippen LogP contribution in [0.3, 0.4) is 0 Å². The number of aryl methyl sites for hydroxylation is 1. The van der Waals surface area contributed by atoms with Crippen molar-refractivity contribution in [2.75, 3.05) is 11.9 Å². The number of carbonyl (C=O) groups is 2. The number of anilines is 1. The van der Waals surface area contributed by atoms with Gasteiger partial charge in [-0.1, -0.05) is 24.3 Å². The van der Waals surface area contributed by atoms with Crippen molar-refractivity contribution in [3.05, 3.63) is 63.9 Å². The summed E-state index contributed by atoms with van der Waals surface area (Å²) < 4.78 is 14.1. The second-order valence-corrected chi connectivity index (χ2v) is 5.89. The van der Waals surface area contributed by atoms with Crippen molar-refractivity contribution in [2.45, 2.75) is 13.3 Å². The quantitative estimate of drug-likeness (QED) is 0.802. The Morgan fingerprint density at radius 1 is 1.13 bits per heavy atom. The molecule has 0 saturated carbocycles. The van der Waals surface area contributed by atoms with Gasteiger partial charge in [-0.05, 0) is 58.6 Å². The second kappa shape index (κ2) is 7.87. The molecule has 2 rings (SSSR count). The SMILES string of the molecule is Cc1ccc(NC(=O)C(=O)NCCc2ccccc2F)c(Br)c1. The van der Waals surface area contributed by atoms with E-state index in [2.05, 4.69) is 26.6 Å². The summed E-state index contributed by atoms with van der Waals surface area (Å²) in [6.45, 7) is 2.11. The predicted octanol–water partition coefficient (Wildman–Crippen LogP) is 3.19. The molecule has 0 heterocycles. The van der Waals surface area contributed by atoms with E-state index in [1.165, 1.54) is 6.07 Å². The fraction of sp³-hybridized carbons (Fsp3) is 0.176. The van der Waals surface area contributed by atoms with Gasteiger partial charge in [-0.15, -0.1) is 0 Å². The second-order valence-electron chi connectivity index (χ2n) is 5.03. The largest absolute Gasteiger partial charge is 0.347 e. The summed E-state index contributed by atoms with van der Waals surface area (Å²) in [5, 5.41) is 5.00. The molecule has 0 spiro atoms. The lowest BCUT2D eigenvalue weighted by Gasteiger charge is -2.09. The van der Waals surface area contributed by atoms with Gasteiger partial charge in [-0.3, -0.25) is 9.59 Å². The molecule has 2 aromatic rings. The van der Waals surface area contributed by atoms with Crippen LogP contribution in [0.4, 0.5) is 10.1 Å². The Bertz CT molecular complexity index is 734. The molecule has 0 aliphatic rings. The third-order valence-corrected chi connectivity index (χ3v) is 3.87. The van der Waals surface area contributed by atoms with Crippen LogP contribution in [-0.4, -0.2) is 18.4 Å². The molecule has 0 unspecified atom stereocenters. The van der Waals surface area contributed by atoms with E-state index in [9.17, 15) is 14.0 Å². The third-order valence-electron chi connectivity index (χ3n) is 3.22. The minimum atomic E-state index is -0.761. The Balaban J connectivity index is 1.86. The van der Waals surface area contributed by atoms with Crippen LogP contribution < -0.4 is 10.6 Å². The van der Waals surface area contributed by atoms with E-state index in [0.29, 0.717) is 22.1 Å². The van der Waals surface area contributed by atoms with Crippen LogP contribution in [0.25, 0.3) is 0 Å². The summed E-state index contributed by atoms with van der Waals surface area (Å²) in [7, 11) is 0. The van der Waals surface area contributed by atoms with Crippen LogP contribution in [0.2, 0.25) is 0 Å². The number of halogens is 2. The molecule has 0 fully saturated rings. The molecule has 4 nitrogen and oxygen atoms in total. The van der Waals surface area contributed by atoms with E-state index in [4.69, 9.17) is 0 Å². The molecule has 2 N–H and O–H groups in total. The predicted molar refractivity (Wildman–Crippen MR) is 90.6 cm³/mol. The molecule has 0 bridgehead atoms. The molecular formula is C17H16BrFN2O2. The molecule has 2 amide bonds. The first-order valence-electron chi connectivity index (χ1n) is 7.06. The number of nitrogens with one attached hydrogen (secondary N) is 2. The number of carbonyl (C=O) groups excluding carboxylic acids is 2. The van der Waals surface area contributed by atoms with Crippen molar-refractivity contribution in [3.8, 4) is 0 Å². The highest BCUT2D eigenvalue weighted by Gasteiger charge is 2.14. The topological polar surface area (TPSA) is 58.2 Å². The summed E-state index contributed by atoms with van der Waals surface area (Å²) >= 11 is 3.33. The molecule has 0 saturated heterocycles. The first-order valence-corrected chi connectivity index (χ1v) is 7.85. The van der Waals surface area contributed by atoms with Crippen LogP contribution >= 0.6 is 15.9 Å². The van der Waals surface area contributed by atoms with Gasteiger partial charge in [0.25, 0.3) is 0 Å². The van der Waals surface area contributed by atoms with Gasteiger partial charge in [0.2, 0.25) is 0 Å². The van der Waals surface area contributed by atoms with Crippen LogP contribution in [0, 0.1) is 12.7 Å². The van der Waals surface area contributed by atoms with Crippen LogP contribution in [0.5, 0.6) is 0 Å². The summed E-state index contributed by atoms with van der Waals surface area (Å²) in [6.07, 6.45) is 0.319. The van der Waals surface area contributed by atoms with Gasteiger partial charge in [-0.2, -0.15) is 0 Å². The van der Waals surface area contributed by atoms with Gasteiger partial charge < -0.3 is 10.6 Å². The zero-order chi connectivity index (χ0) is 16.8. The van der Waals surface area contributed by atoms with Gasteiger partial charge in [0.1, 0.15) is 5.82 Å². The number of amides is 2. The normalized spacial score (nSPS) is 10.2. The molecule has 0 aliphatic carbocycles. The first-order chi connectivity index (χ1) is 11.0. The van der Waals surface area contributed by atoms with Gasteiger partial charge in [0, 0.05) is 11.0 Å². The van der Waals surface area contributed by atoms with Gasteiger partial charge >= 0.3 is 11.8 Å². The van der Waals surface area contributed by atoms with Crippen LogP contribution in [0.15, 0.2) is 46.9 Å². The zero-order valence-electron chi connectivity index (χ0n) is 12.5. The van der Waals surface area contributed by atoms with Crippen molar-refractivity contribution < 1.29 is 14.0 Å². The molecule has 23 heavy (non-hydrogen) atoms. The van der Waals surface area contributed by atoms with E-state index in [0.717, 1.165) is 5.56 Å². The fourth-order valence-corrected chi connectivity index (χ4v) is 2.59. The lowest BCUT2D eigenvalue weighted by atomic mass is 10.1. The molecule has 0 aliphatic heterocycles. The van der Waals surface area contributed by atoms with Crippen LogP contribution in [-0.2, 0) is 16.0 Å². The minimum Gasteiger partial charge on any atom is -0.347 e. The summed E-state index contributed by atoms with van der Waals surface area (Å²) in [5.74, 6) is -1.84. The number of hydrogen-bond donors (Lipinski definition) is 2. The molecule has 0 aromatic heterocycles. The van der Waals surface area contributed by atoms with Crippen molar-refractivity contribution in [2.24, 2.45) is 0 Å². The zero-order valence-corrected chi connectivity index (χ0v) is 14.1. The Morgan fingerprint density at radius 3 is 2.57 bits per heavy atom. The maximum atomic E-state index is 13.4.